The minimum absolute atomic E-state index is 0.0174. The van der Waals surface area contributed by atoms with E-state index in [9.17, 15) is 22.9 Å². The largest absolute Gasteiger partial charge is 0.370 e. The van der Waals surface area contributed by atoms with Crippen LogP contribution in [-0.2, 0) is 16.4 Å². The molecule has 2 N–H and O–H groups in total. The van der Waals surface area contributed by atoms with Gasteiger partial charge in [0, 0.05) is 50.5 Å². The SMILES string of the molecule is Cc1cc(C)c(C(=O)N2CCN(c3ncccc3S(N)(=O)=O)C[C@@H]2C)c(C)c1CC1CCN(c2ccc(F)cc2C#N)CC1. The zero-order valence-corrected chi connectivity index (χ0v) is 26.5. The van der Waals surface area contributed by atoms with Crippen LogP contribution in [0.3, 0.4) is 0 Å². The van der Waals surface area contributed by atoms with Crippen molar-refractivity contribution < 1.29 is 17.6 Å². The van der Waals surface area contributed by atoms with E-state index in [1.807, 2.05) is 30.6 Å². The number of amides is 1. The summed E-state index contributed by atoms with van der Waals surface area (Å²) in [5, 5.41) is 14.9. The van der Waals surface area contributed by atoms with Gasteiger partial charge in [-0.25, -0.2) is 22.9 Å². The molecule has 9 nitrogen and oxygen atoms in total. The van der Waals surface area contributed by atoms with Gasteiger partial charge in [-0.05, 0) is 105 Å². The lowest BCUT2D eigenvalue weighted by molar-refractivity contribution is 0.0671. The fourth-order valence-electron chi connectivity index (χ4n) is 6.85. The number of nitrogens with two attached hydrogens (primary N) is 1. The fraction of sp³-hybridized carbons (Fsp3) is 0.424. The molecule has 2 aromatic carbocycles. The molecule has 44 heavy (non-hydrogen) atoms. The van der Waals surface area contributed by atoms with Crippen LogP contribution in [-0.4, -0.2) is 63.0 Å². The fourth-order valence-corrected chi connectivity index (χ4v) is 7.55. The number of piperidine rings is 1. The van der Waals surface area contributed by atoms with Crippen molar-refractivity contribution in [3.63, 3.8) is 0 Å². The Bertz CT molecular complexity index is 1730. The number of carbonyl (C=O) groups excluding carboxylic acids is 1. The van der Waals surface area contributed by atoms with Gasteiger partial charge in [0.25, 0.3) is 5.91 Å². The van der Waals surface area contributed by atoms with Gasteiger partial charge in [-0.15, -0.1) is 0 Å². The average Bonchev–Trinajstić information content (AvgIpc) is 2.99. The van der Waals surface area contributed by atoms with E-state index < -0.39 is 15.8 Å². The molecule has 2 aliphatic rings. The van der Waals surface area contributed by atoms with E-state index in [2.05, 4.69) is 28.9 Å². The van der Waals surface area contributed by atoms with Crippen LogP contribution in [0.4, 0.5) is 15.9 Å². The number of aryl methyl sites for hydroxylation is 2. The number of pyridine rings is 1. The van der Waals surface area contributed by atoms with Crippen molar-refractivity contribution in [2.45, 2.75) is 57.9 Å². The van der Waals surface area contributed by atoms with Crippen molar-refractivity contribution in [2.24, 2.45) is 11.1 Å². The maximum Gasteiger partial charge on any atom is 0.254 e. The summed E-state index contributed by atoms with van der Waals surface area (Å²) in [7, 11) is -3.94. The molecule has 1 aromatic heterocycles. The molecule has 0 unspecified atom stereocenters. The Morgan fingerprint density at radius 1 is 1.07 bits per heavy atom. The van der Waals surface area contributed by atoms with Crippen LogP contribution in [0.5, 0.6) is 0 Å². The first-order valence-corrected chi connectivity index (χ1v) is 16.5. The first kappa shape index (κ1) is 31.4. The summed E-state index contributed by atoms with van der Waals surface area (Å²) >= 11 is 0. The number of primary sulfonamides is 1. The Labute approximate surface area is 259 Å². The van der Waals surface area contributed by atoms with Gasteiger partial charge in [0.2, 0.25) is 10.0 Å². The molecule has 0 aliphatic carbocycles. The molecule has 3 aromatic rings. The summed E-state index contributed by atoms with van der Waals surface area (Å²) in [6.07, 6.45) is 4.28. The molecule has 0 spiro atoms. The quantitative estimate of drug-likeness (QED) is 0.432. The zero-order valence-electron chi connectivity index (χ0n) is 25.7. The van der Waals surface area contributed by atoms with Crippen molar-refractivity contribution in [3.8, 4) is 6.07 Å². The number of carbonyl (C=O) groups is 1. The smallest absolute Gasteiger partial charge is 0.254 e. The summed E-state index contributed by atoms with van der Waals surface area (Å²) in [6.45, 7) is 11.0. The minimum atomic E-state index is -3.94. The van der Waals surface area contributed by atoms with Crippen LogP contribution >= 0.6 is 0 Å². The lowest BCUT2D eigenvalue weighted by atomic mass is 9.83. The number of sulfonamides is 1. The third-order valence-electron chi connectivity index (χ3n) is 9.12. The van der Waals surface area contributed by atoms with Gasteiger partial charge in [-0.3, -0.25) is 4.79 Å². The van der Waals surface area contributed by atoms with Crippen LogP contribution in [0.1, 0.15) is 57.9 Å². The van der Waals surface area contributed by atoms with Gasteiger partial charge < -0.3 is 14.7 Å². The first-order chi connectivity index (χ1) is 20.9. The maximum absolute atomic E-state index is 14.1. The van der Waals surface area contributed by atoms with E-state index in [-0.39, 0.29) is 16.8 Å². The normalized spacial score (nSPS) is 17.9. The van der Waals surface area contributed by atoms with Crippen molar-refractivity contribution in [3.05, 3.63) is 81.8 Å². The number of nitriles is 1. The van der Waals surface area contributed by atoms with Crippen molar-refractivity contribution >= 4 is 27.4 Å². The van der Waals surface area contributed by atoms with E-state index in [1.54, 1.807) is 18.3 Å². The standard InChI is InChI=1S/C33H39FN6O3S/c1-21-16-22(2)31(33(41)40-15-14-39(20-23(40)3)32-30(44(36,42)43)6-5-11-37-32)24(4)28(21)17-25-9-12-38(13-10-25)29-8-7-27(34)18-26(29)19-35/h5-8,11,16,18,23,25H,9-10,12-15,17,20H2,1-4H3,(H2,36,42,43)/t23-/m0/s1. The summed E-state index contributed by atoms with van der Waals surface area (Å²) < 4.78 is 38.0. The van der Waals surface area contributed by atoms with E-state index in [0.717, 1.165) is 54.7 Å². The van der Waals surface area contributed by atoms with Gasteiger partial charge >= 0.3 is 0 Å². The van der Waals surface area contributed by atoms with Crippen LogP contribution in [0.25, 0.3) is 0 Å². The molecule has 2 aliphatic heterocycles. The van der Waals surface area contributed by atoms with Gasteiger partial charge in [-0.2, -0.15) is 5.26 Å². The van der Waals surface area contributed by atoms with Crippen molar-refractivity contribution in [1.29, 1.82) is 5.26 Å². The predicted molar refractivity (Wildman–Crippen MR) is 169 cm³/mol. The lowest BCUT2D eigenvalue weighted by Gasteiger charge is -2.41. The highest BCUT2D eigenvalue weighted by atomic mass is 32.2. The van der Waals surface area contributed by atoms with E-state index in [0.29, 0.717) is 36.9 Å². The molecule has 11 heteroatoms. The Morgan fingerprint density at radius 2 is 1.80 bits per heavy atom. The lowest BCUT2D eigenvalue weighted by Crippen LogP contribution is -2.54. The molecule has 1 amide bonds. The zero-order chi connectivity index (χ0) is 31.8. The Balaban J connectivity index is 1.30. The Morgan fingerprint density at radius 3 is 2.45 bits per heavy atom. The summed E-state index contributed by atoms with van der Waals surface area (Å²) in [5.41, 5.74) is 6.20. The van der Waals surface area contributed by atoms with E-state index in [1.165, 1.54) is 29.3 Å². The molecule has 0 radical (unpaired) electrons. The second-order valence-corrected chi connectivity index (χ2v) is 13.6. The van der Waals surface area contributed by atoms with E-state index in [4.69, 9.17) is 5.14 Å². The summed E-state index contributed by atoms with van der Waals surface area (Å²) in [5.74, 6) is 0.315. The van der Waals surface area contributed by atoms with E-state index >= 15 is 0 Å². The molecule has 232 valence electrons. The van der Waals surface area contributed by atoms with Crippen molar-refractivity contribution in [2.75, 3.05) is 42.5 Å². The first-order valence-electron chi connectivity index (χ1n) is 15.0. The maximum atomic E-state index is 14.1. The molecule has 1 atom stereocenters. The third kappa shape index (κ3) is 6.28. The molecule has 5 rings (SSSR count). The number of hydrogen-bond acceptors (Lipinski definition) is 7. The number of aromatic nitrogens is 1. The highest BCUT2D eigenvalue weighted by Crippen LogP contribution is 2.33. The Hall–Kier alpha value is -4.01. The molecule has 0 saturated carbocycles. The Kier molecular flexibility index (Phi) is 8.95. The van der Waals surface area contributed by atoms with Crippen molar-refractivity contribution in [1.82, 2.24) is 9.88 Å². The highest BCUT2D eigenvalue weighted by Gasteiger charge is 2.33. The number of anilines is 2. The third-order valence-corrected chi connectivity index (χ3v) is 10.0. The predicted octanol–water partition coefficient (Wildman–Crippen LogP) is 4.48. The van der Waals surface area contributed by atoms with Gasteiger partial charge in [0.1, 0.15) is 22.6 Å². The number of nitrogens with zero attached hydrogens (tertiary/aromatic N) is 5. The second-order valence-electron chi connectivity index (χ2n) is 12.1. The number of halogens is 1. The number of benzene rings is 2. The monoisotopic (exact) mass is 618 g/mol. The highest BCUT2D eigenvalue weighted by molar-refractivity contribution is 7.89. The molecular weight excluding hydrogens is 579 g/mol. The molecule has 3 heterocycles. The molecule has 2 fully saturated rings. The topological polar surface area (TPSA) is 124 Å². The molecular formula is C33H39FN6O3S. The molecule has 0 bridgehead atoms. The average molecular weight is 619 g/mol. The molecule has 2 saturated heterocycles. The second kappa shape index (κ2) is 12.5. The number of hydrogen-bond donors (Lipinski definition) is 1. The minimum Gasteiger partial charge on any atom is -0.370 e. The number of piperazine rings is 1. The number of rotatable bonds is 6. The van der Waals surface area contributed by atoms with Gasteiger partial charge in [0.05, 0.1) is 11.3 Å². The van der Waals surface area contributed by atoms with Gasteiger partial charge in [-0.1, -0.05) is 6.07 Å². The van der Waals surface area contributed by atoms with Crippen LogP contribution < -0.4 is 14.9 Å². The van der Waals surface area contributed by atoms with Crippen LogP contribution in [0.2, 0.25) is 0 Å². The van der Waals surface area contributed by atoms with Gasteiger partial charge in [0.15, 0.2) is 0 Å². The summed E-state index contributed by atoms with van der Waals surface area (Å²) in [4.78, 5) is 24.3. The van der Waals surface area contributed by atoms with Crippen LogP contribution in [0.15, 0.2) is 47.5 Å². The van der Waals surface area contributed by atoms with Crippen LogP contribution in [0, 0.1) is 43.8 Å². The summed E-state index contributed by atoms with van der Waals surface area (Å²) in [6, 6.07) is 11.4.